The molecule has 0 atom stereocenters. The van der Waals surface area contributed by atoms with E-state index in [-0.39, 0.29) is 17.9 Å². The third-order valence-corrected chi connectivity index (χ3v) is 5.89. The van der Waals surface area contributed by atoms with Crippen LogP contribution < -0.4 is 15.6 Å². The van der Waals surface area contributed by atoms with Crippen molar-refractivity contribution < 1.29 is 4.79 Å². The van der Waals surface area contributed by atoms with Gasteiger partial charge in [0.1, 0.15) is 12.4 Å². The quantitative estimate of drug-likeness (QED) is 0.511. The summed E-state index contributed by atoms with van der Waals surface area (Å²) in [6.07, 6.45) is 5.38. The second kappa shape index (κ2) is 8.22. The molecule has 0 unspecified atom stereocenters. The fourth-order valence-corrected chi connectivity index (χ4v) is 4.36. The second-order valence-corrected chi connectivity index (χ2v) is 7.95. The molecule has 1 aliphatic rings. The second-order valence-electron chi connectivity index (χ2n) is 7.95. The van der Waals surface area contributed by atoms with Crippen LogP contribution in [0.5, 0.6) is 0 Å². The Kier molecular flexibility index (Phi) is 5.12. The monoisotopic (exact) mass is 412 g/mol. The van der Waals surface area contributed by atoms with Crippen LogP contribution >= 0.6 is 0 Å². The van der Waals surface area contributed by atoms with Crippen molar-refractivity contribution in [1.82, 2.24) is 9.55 Å². The maximum Gasteiger partial charge on any atom is 0.244 e. The third-order valence-electron chi connectivity index (χ3n) is 5.89. The highest BCUT2D eigenvalue weighted by molar-refractivity contribution is 5.97. The van der Waals surface area contributed by atoms with Crippen molar-refractivity contribution in [2.45, 2.75) is 25.8 Å². The highest BCUT2D eigenvalue weighted by atomic mass is 16.2. The lowest BCUT2D eigenvalue weighted by Crippen LogP contribution is -2.30. The number of amides is 1. The minimum atomic E-state index is -0.161. The van der Waals surface area contributed by atoms with E-state index in [9.17, 15) is 9.59 Å². The number of benzene rings is 2. The molecule has 3 heterocycles. The molecular formula is C25H24N4O2. The standard InChI is InChI=1S/C25H24N4O2/c30-24(27-18-12-13-23(26-16-18)28-14-6-1-7-15-28)17-29-21-10-4-2-8-19(21)25(31)20-9-3-5-11-22(20)29/h2-5,8-13,16H,1,6-7,14-15,17H2,(H,27,30). The molecule has 6 heteroatoms. The Morgan fingerprint density at radius 2 is 1.52 bits per heavy atom. The molecule has 31 heavy (non-hydrogen) atoms. The van der Waals surface area contributed by atoms with E-state index in [0.717, 1.165) is 29.9 Å². The Labute approximate surface area is 180 Å². The summed E-state index contributed by atoms with van der Waals surface area (Å²) in [4.78, 5) is 32.6. The van der Waals surface area contributed by atoms with Crippen LogP contribution in [0.15, 0.2) is 71.7 Å². The first-order chi connectivity index (χ1) is 15.2. The van der Waals surface area contributed by atoms with Crippen molar-refractivity contribution in [1.29, 1.82) is 0 Å². The number of hydrogen-bond acceptors (Lipinski definition) is 4. The maximum atomic E-state index is 12.9. The molecular weight excluding hydrogens is 388 g/mol. The van der Waals surface area contributed by atoms with Gasteiger partial charge in [0.15, 0.2) is 5.43 Å². The van der Waals surface area contributed by atoms with Gasteiger partial charge >= 0.3 is 0 Å². The Balaban J connectivity index is 1.41. The van der Waals surface area contributed by atoms with Crippen molar-refractivity contribution in [2.75, 3.05) is 23.3 Å². The van der Waals surface area contributed by atoms with Crippen molar-refractivity contribution in [3.05, 3.63) is 77.1 Å². The van der Waals surface area contributed by atoms with Crippen LogP contribution in [0.4, 0.5) is 11.5 Å². The number of carbonyl (C=O) groups excluding carboxylic acids is 1. The summed E-state index contributed by atoms with van der Waals surface area (Å²) in [5.74, 6) is 0.793. The van der Waals surface area contributed by atoms with E-state index in [2.05, 4.69) is 15.2 Å². The number of rotatable bonds is 4. The Hall–Kier alpha value is -3.67. The number of carbonyl (C=O) groups is 1. The average molecular weight is 412 g/mol. The van der Waals surface area contributed by atoms with Crippen LogP contribution in [-0.2, 0) is 11.3 Å². The zero-order chi connectivity index (χ0) is 21.2. The first-order valence-corrected chi connectivity index (χ1v) is 10.7. The number of aromatic nitrogens is 2. The Bertz CT molecular complexity index is 1240. The number of piperidine rings is 1. The molecule has 1 fully saturated rings. The molecule has 6 nitrogen and oxygen atoms in total. The first-order valence-electron chi connectivity index (χ1n) is 10.7. The van der Waals surface area contributed by atoms with E-state index in [0.29, 0.717) is 16.5 Å². The SMILES string of the molecule is O=C(Cn1c2ccccc2c(=O)c2ccccc21)Nc1ccc(N2CCCCC2)nc1. The fourth-order valence-electron chi connectivity index (χ4n) is 4.36. The molecule has 1 saturated heterocycles. The molecule has 1 amide bonds. The van der Waals surface area contributed by atoms with Crippen molar-refractivity contribution in [2.24, 2.45) is 0 Å². The largest absolute Gasteiger partial charge is 0.357 e. The van der Waals surface area contributed by atoms with Crippen molar-refractivity contribution in [3.63, 3.8) is 0 Å². The highest BCUT2D eigenvalue weighted by Crippen LogP contribution is 2.21. The molecule has 0 spiro atoms. The van der Waals surface area contributed by atoms with E-state index < -0.39 is 0 Å². The summed E-state index contributed by atoms with van der Waals surface area (Å²) < 4.78 is 1.90. The number of para-hydroxylation sites is 2. The lowest BCUT2D eigenvalue weighted by molar-refractivity contribution is -0.116. The van der Waals surface area contributed by atoms with Gasteiger partial charge in [-0.3, -0.25) is 9.59 Å². The average Bonchev–Trinajstić information content (AvgIpc) is 2.83. The van der Waals surface area contributed by atoms with Gasteiger partial charge in [0, 0.05) is 23.9 Å². The molecule has 2 aromatic carbocycles. The van der Waals surface area contributed by atoms with Crippen LogP contribution in [0, 0.1) is 0 Å². The number of nitrogens with zero attached hydrogens (tertiary/aromatic N) is 3. The highest BCUT2D eigenvalue weighted by Gasteiger charge is 2.14. The van der Waals surface area contributed by atoms with Gasteiger partial charge in [-0.05, 0) is 55.7 Å². The van der Waals surface area contributed by atoms with Crippen LogP contribution in [0.25, 0.3) is 21.8 Å². The molecule has 0 radical (unpaired) electrons. The minimum absolute atomic E-state index is 0.0136. The van der Waals surface area contributed by atoms with Crippen LogP contribution in [0.2, 0.25) is 0 Å². The molecule has 156 valence electrons. The van der Waals surface area contributed by atoms with E-state index in [1.54, 1.807) is 6.20 Å². The lowest BCUT2D eigenvalue weighted by Gasteiger charge is -2.27. The van der Waals surface area contributed by atoms with Gasteiger partial charge in [-0.1, -0.05) is 24.3 Å². The van der Waals surface area contributed by atoms with Crippen molar-refractivity contribution >= 4 is 39.2 Å². The van der Waals surface area contributed by atoms with Crippen LogP contribution in [0.3, 0.4) is 0 Å². The molecule has 1 N–H and O–H groups in total. The summed E-state index contributed by atoms with van der Waals surface area (Å²) >= 11 is 0. The van der Waals surface area contributed by atoms with Gasteiger partial charge in [0.25, 0.3) is 0 Å². The van der Waals surface area contributed by atoms with Crippen LogP contribution in [-0.4, -0.2) is 28.5 Å². The molecule has 0 saturated carbocycles. The molecule has 1 aliphatic heterocycles. The number of fused-ring (bicyclic) bond motifs is 2. The normalized spacial score (nSPS) is 14.1. The molecule has 5 rings (SSSR count). The number of nitrogens with one attached hydrogen (secondary N) is 1. The number of anilines is 2. The van der Waals surface area contributed by atoms with Crippen LogP contribution in [0.1, 0.15) is 19.3 Å². The molecule has 4 aromatic rings. The third kappa shape index (κ3) is 3.77. The van der Waals surface area contributed by atoms with E-state index in [4.69, 9.17) is 0 Å². The zero-order valence-electron chi connectivity index (χ0n) is 17.3. The number of pyridine rings is 2. The Morgan fingerprint density at radius 3 is 2.13 bits per heavy atom. The van der Waals surface area contributed by atoms with Gasteiger partial charge in [0.2, 0.25) is 5.91 Å². The van der Waals surface area contributed by atoms with Gasteiger partial charge in [-0.2, -0.15) is 0 Å². The van der Waals surface area contributed by atoms with E-state index in [1.165, 1.54) is 19.3 Å². The molecule has 0 bridgehead atoms. The van der Waals surface area contributed by atoms with Gasteiger partial charge in [-0.25, -0.2) is 4.98 Å². The summed E-state index contributed by atoms with van der Waals surface area (Å²) in [5.41, 5.74) is 2.15. The van der Waals surface area contributed by atoms with E-state index in [1.807, 2.05) is 65.2 Å². The van der Waals surface area contributed by atoms with Gasteiger partial charge < -0.3 is 14.8 Å². The van der Waals surface area contributed by atoms with E-state index >= 15 is 0 Å². The molecule has 2 aromatic heterocycles. The predicted molar refractivity (Wildman–Crippen MR) is 125 cm³/mol. The summed E-state index contributed by atoms with van der Waals surface area (Å²) in [5, 5.41) is 4.17. The minimum Gasteiger partial charge on any atom is -0.357 e. The summed E-state index contributed by atoms with van der Waals surface area (Å²) in [6, 6.07) is 18.7. The number of hydrogen-bond donors (Lipinski definition) is 1. The lowest BCUT2D eigenvalue weighted by atomic mass is 10.1. The summed E-state index contributed by atoms with van der Waals surface area (Å²) in [6.45, 7) is 2.17. The fraction of sp³-hybridized carbons (Fsp3) is 0.240. The van der Waals surface area contributed by atoms with Gasteiger partial charge in [0.05, 0.1) is 22.9 Å². The predicted octanol–water partition coefficient (Wildman–Crippen LogP) is 4.18. The maximum absolute atomic E-state index is 12.9. The topological polar surface area (TPSA) is 67.2 Å². The summed E-state index contributed by atoms with van der Waals surface area (Å²) in [7, 11) is 0. The van der Waals surface area contributed by atoms with Crippen molar-refractivity contribution in [3.8, 4) is 0 Å². The zero-order valence-corrected chi connectivity index (χ0v) is 17.3. The molecule has 0 aliphatic carbocycles. The first kappa shape index (κ1) is 19.3. The van der Waals surface area contributed by atoms with Gasteiger partial charge in [-0.15, -0.1) is 0 Å². The Morgan fingerprint density at radius 1 is 0.871 bits per heavy atom. The smallest absolute Gasteiger partial charge is 0.244 e.